The third-order valence-electron chi connectivity index (χ3n) is 5.81. The number of rotatable bonds is 6. The van der Waals surface area contributed by atoms with Gasteiger partial charge in [-0.25, -0.2) is 0 Å². The van der Waals surface area contributed by atoms with Gasteiger partial charge in [0.05, 0.1) is 18.7 Å². The van der Waals surface area contributed by atoms with E-state index in [1.54, 1.807) is 25.3 Å². The van der Waals surface area contributed by atoms with Crippen LogP contribution >= 0.6 is 11.6 Å². The number of nitrogens with one attached hydrogen (secondary N) is 2. The van der Waals surface area contributed by atoms with Gasteiger partial charge in [-0.3, -0.25) is 14.5 Å². The number of ether oxygens (including phenoxy) is 1. The van der Waals surface area contributed by atoms with Crippen molar-refractivity contribution in [3.05, 3.63) is 65.7 Å². The molecule has 3 aromatic carbocycles. The van der Waals surface area contributed by atoms with Crippen molar-refractivity contribution in [3.63, 3.8) is 0 Å². The fraction of sp³-hybridized carbons (Fsp3) is 0.280. The van der Waals surface area contributed by atoms with Crippen molar-refractivity contribution >= 4 is 45.6 Å². The Labute approximate surface area is 192 Å². The topological polar surface area (TPSA) is 70.7 Å². The summed E-state index contributed by atoms with van der Waals surface area (Å²) >= 11 is 6.14. The maximum Gasteiger partial charge on any atom is 0.238 e. The number of methoxy groups -OCH3 is 1. The zero-order valence-electron chi connectivity index (χ0n) is 17.9. The van der Waals surface area contributed by atoms with Crippen LogP contribution in [0.5, 0.6) is 5.75 Å². The molecule has 3 aromatic rings. The van der Waals surface area contributed by atoms with Gasteiger partial charge in [0, 0.05) is 22.7 Å². The Hall–Kier alpha value is -3.09. The van der Waals surface area contributed by atoms with E-state index in [4.69, 9.17) is 16.3 Å². The molecule has 6 nitrogen and oxygen atoms in total. The number of carbonyl (C=O) groups is 2. The van der Waals surface area contributed by atoms with E-state index in [2.05, 4.69) is 15.5 Å². The van der Waals surface area contributed by atoms with Crippen molar-refractivity contribution in [3.8, 4) is 5.75 Å². The fourth-order valence-electron chi connectivity index (χ4n) is 4.07. The lowest BCUT2D eigenvalue weighted by Gasteiger charge is -2.30. The molecule has 0 atom stereocenters. The van der Waals surface area contributed by atoms with E-state index in [1.165, 1.54) is 0 Å². The minimum atomic E-state index is -0.0896. The highest BCUT2D eigenvalue weighted by molar-refractivity contribution is 6.32. The molecule has 0 aliphatic carbocycles. The number of anilines is 2. The predicted molar refractivity (Wildman–Crippen MR) is 128 cm³/mol. The zero-order chi connectivity index (χ0) is 22.5. The second-order valence-corrected chi connectivity index (χ2v) is 8.37. The smallest absolute Gasteiger partial charge is 0.238 e. The molecular weight excluding hydrogens is 426 g/mol. The molecule has 0 saturated carbocycles. The molecule has 166 valence electrons. The Morgan fingerprint density at radius 2 is 1.78 bits per heavy atom. The number of hydrogen-bond acceptors (Lipinski definition) is 4. The zero-order valence-corrected chi connectivity index (χ0v) is 18.7. The Morgan fingerprint density at radius 1 is 1.03 bits per heavy atom. The monoisotopic (exact) mass is 451 g/mol. The SMILES string of the molecule is COc1ccc(NC(=O)C2CCN(CC(=O)Nc3cccc4ccccc34)CC2)cc1Cl. The van der Waals surface area contributed by atoms with Gasteiger partial charge in [0.2, 0.25) is 11.8 Å². The molecule has 0 unspecified atom stereocenters. The molecular formula is C25H26ClN3O3. The van der Waals surface area contributed by atoms with Crippen molar-refractivity contribution in [1.82, 2.24) is 4.90 Å². The second kappa shape index (κ2) is 10.0. The fourth-order valence-corrected chi connectivity index (χ4v) is 4.33. The van der Waals surface area contributed by atoms with E-state index >= 15 is 0 Å². The first-order chi connectivity index (χ1) is 15.5. The Kier molecular flexibility index (Phi) is 6.93. The summed E-state index contributed by atoms with van der Waals surface area (Å²) in [5, 5.41) is 8.54. The summed E-state index contributed by atoms with van der Waals surface area (Å²) in [4.78, 5) is 27.3. The van der Waals surface area contributed by atoms with Gasteiger partial charge in [-0.2, -0.15) is 0 Å². The highest BCUT2D eigenvalue weighted by Crippen LogP contribution is 2.28. The minimum absolute atomic E-state index is 0.0221. The first-order valence-corrected chi connectivity index (χ1v) is 11.1. The first kappa shape index (κ1) is 22.1. The second-order valence-electron chi connectivity index (χ2n) is 7.96. The Bertz CT molecular complexity index is 1120. The van der Waals surface area contributed by atoms with Crippen molar-refractivity contribution in [1.29, 1.82) is 0 Å². The van der Waals surface area contributed by atoms with Crippen LogP contribution in [0.1, 0.15) is 12.8 Å². The summed E-state index contributed by atoms with van der Waals surface area (Å²) in [6, 6.07) is 19.1. The molecule has 0 bridgehead atoms. The molecule has 7 heteroatoms. The lowest BCUT2D eigenvalue weighted by molar-refractivity contribution is -0.121. The number of piperidine rings is 1. The average Bonchev–Trinajstić information content (AvgIpc) is 2.80. The van der Waals surface area contributed by atoms with Crippen molar-refractivity contribution in [2.45, 2.75) is 12.8 Å². The van der Waals surface area contributed by atoms with Crippen LogP contribution in [0.15, 0.2) is 60.7 Å². The minimum Gasteiger partial charge on any atom is -0.495 e. The normalized spacial score (nSPS) is 14.8. The number of halogens is 1. The van der Waals surface area contributed by atoms with Gasteiger partial charge in [-0.05, 0) is 55.6 Å². The third-order valence-corrected chi connectivity index (χ3v) is 6.10. The van der Waals surface area contributed by atoms with Crippen LogP contribution in [0.2, 0.25) is 5.02 Å². The van der Waals surface area contributed by atoms with Gasteiger partial charge in [0.25, 0.3) is 0 Å². The number of fused-ring (bicyclic) bond motifs is 1. The molecule has 1 fully saturated rings. The van der Waals surface area contributed by atoms with Gasteiger partial charge in [0.15, 0.2) is 0 Å². The number of amides is 2. The maximum absolute atomic E-state index is 12.6. The summed E-state index contributed by atoms with van der Waals surface area (Å²) in [5.41, 5.74) is 1.47. The molecule has 4 rings (SSSR count). The number of benzene rings is 3. The summed E-state index contributed by atoms with van der Waals surface area (Å²) in [6.45, 7) is 1.71. The molecule has 1 aliphatic heterocycles. The quantitative estimate of drug-likeness (QED) is 0.565. The van der Waals surface area contributed by atoms with Crippen LogP contribution in [-0.2, 0) is 9.59 Å². The Morgan fingerprint density at radius 3 is 2.53 bits per heavy atom. The van der Waals surface area contributed by atoms with Crippen LogP contribution in [0.4, 0.5) is 11.4 Å². The molecule has 2 amide bonds. The summed E-state index contributed by atoms with van der Waals surface area (Å²) in [7, 11) is 1.55. The van der Waals surface area contributed by atoms with Crippen LogP contribution < -0.4 is 15.4 Å². The molecule has 2 N–H and O–H groups in total. The lowest BCUT2D eigenvalue weighted by atomic mass is 9.95. The third kappa shape index (κ3) is 5.21. The van der Waals surface area contributed by atoms with Gasteiger partial charge in [0.1, 0.15) is 5.75 Å². The average molecular weight is 452 g/mol. The number of carbonyl (C=O) groups excluding carboxylic acids is 2. The molecule has 0 aromatic heterocycles. The van der Waals surface area contributed by atoms with Gasteiger partial charge < -0.3 is 15.4 Å². The molecule has 1 aliphatic rings. The van der Waals surface area contributed by atoms with E-state index in [1.807, 2.05) is 42.5 Å². The summed E-state index contributed by atoms with van der Waals surface area (Å²) in [5.74, 6) is 0.413. The van der Waals surface area contributed by atoms with Crippen LogP contribution in [0, 0.1) is 5.92 Å². The Balaban J connectivity index is 1.27. The number of nitrogens with zero attached hydrogens (tertiary/aromatic N) is 1. The number of hydrogen-bond donors (Lipinski definition) is 2. The van der Waals surface area contributed by atoms with Crippen molar-refractivity contribution in [2.75, 3.05) is 37.4 Å². The van der Waals surface area contributed by atoms with E-state index in [-0.39, 0.29) is 17.7 Å². The highest BCUT2D eigenvalue weighted by Gasteiger charge is 2.26. The first-order valence-electron chi connectivity index (χ1n) is 10.7. The molecule has 1 heterocycles. The standard InChI is InChI=1S/C25H26ClN3O3/c1-32-23-10-9-19(15-21(23)26)27-25(31)18-11-13-29(14-12-18)16-24(30)28-22-8-4-6-17-5-2-3-7-20(17)22/h2-10,15,18H,11-14,16H2,1H3,(H,27,31)(H,28,30). The van der Waals surface area contributed by atoms with Gasteiger partial charge in [-0.15, -0.1) is 0 Å². The lowest BCUT2D eigenvalue weighted by Crippen LogP contribution is -2.41. The molecule has 0 spiro atoms. The van der Waals surface area contributed by atoms with Crippen molar-refractivity contribution in [2.24, 2.45) is 5.92 Å². The number of likely N-dealkylation sites (tertiary alicyclic amines) is 1. The van der Waals surface area contributed by atoms with Gasteiger partial charge in [-0.1, -0.05) is 48.0 Å². The largest absolute Gasteiger partial charge is 0.495 e. The van der Waals surface area contributed by atoms with Gasteiger partial charge >= 0.3 is 0 Å². The van der Waals surface area contributed by atoms with E-state index in [9.17, 15) is 9.59 Å². The highest BCUT2D eigenvalue weighted by atomic mass is 35.5. The summed E-state index contributed by atoms with van der Waals surface area (Å²) < 4.78 is 5.14. The van der Waals surface area contributed by atoms with Crippen LogP contribution in [-0.4, -0.2) is 43.5 Å². The predicted octanol–water partition coefficient (Wildman–Crippen LogP) is 4.79. The van der Waals surface area contributed by atoms with E-state index < -0.39 is 0 Å². The maximum atomic E-state index is 12.6. The van der Waals surface area contributed by atoms with E-state index in [0.29, 0.717) is 48.9 Å². The molecule has 0 radical (unpaired) electrons. The van der Waals surface area contributed by atoms with E-state index in [0.717, 1.165) is 16.5 Å². The molecule has 1 saturated heterocycles. The van der Waals surface area contributed by atoms with Crippen LogP contribution in [0.25, 0.3) is 10.8 Å². The van der Waals surface area contributed by atoms with Crippen molar-refractivity contribution < 1.29 is 14.3 Å². The summed E-state index contributed by atoms with van der Waals surface area (Å²) in [6.07, 6.45) is 1.41. The van der Waals surface area contributed by atoms with Crippen LogP contribution in [0.3, 0.4) is 0 Å². The molecule has 32 heavy (non-hydrogen) atoms.